The summed E-state index contributed by atoms with van der Waals surface area (Å²) in [5.74, 6) is 0.136. The Bertz CT molecular complexity index is 763. The summed E-state index contributed by atoms with van der Waals surface area (Å²) in [7, 11) is 0. The normalized spacial score (nSPS) is 16.9. The predicted molar refractivity (Wildman–Crippen MR) is 102 cm³/mol. The van der Waals surface area contributed by atoms with Gasteiger partial charge in [-0.1, -0.05) is 29.8 Å². The van der Waals surface area contributed by atoms with Gasteiger partial charge in [0.1, 0.15) is 22.8 Å². The molecule has 0 aliphatic carbocycles. The van der Waals surface area contributed by atoms with Crippen molar-refractivity contribution in [2.24, 2.45) is 5.41 Å². The van der Waals surface area contributed by atoms with Crippen LogP contribution in [0, 0.1) is 5.41 Å². The van der Waals surface area contributed by atoms with Gasteiger partial charge in [-0.25, -0.2) is 18.2 Å². The third-order valence-corrected chi connectivity index (χ3v) is 6.19. The lowest BCUT2D eigenvalue weighted by molar-refractivity contribution is -0.0452. The second-order valence-electron chi connectivity index (χ2n) is 7.78. The maximum Gasteiger partial charge on any atom is 0.246 e. The molecule has 26 heavy (non-hydrogen) atoms. The Balaban J connectivity index is 2.47. The van der Waals surface area contributed by atoms with Crippen LogP contribution in [0.2, 0.25) is 0 Å². The van der Waals surface area contributed by atoms with Crippen LogP contribution in [-0.2, 0) is 11.4 Å². The van der Waals surface area contributed by atoms with E-state index in [2.05, 4.69) is 30.6 Å². The van der Waals surface area contributed by atoms with Gasteiger partial charge in [-0.15, -0.1) is 4.72 Å². The quantitative estimate of drug-likeness (QED) is 0.601. The molecule has 2 aromatic rings. The highest BCUT2D eigenvalue weighted by Gasteiger charge is 2.47. The molecule has 4 nitrogen and oxygen atoms in total. The molecule has 2 N–H and O–H groups in total. The molecular formula is C17H23BrF3N3OS. The van der Waals surface area contributed by atoms with Crippen molar-refractivity contribution in [1.29, 1.82) is 0 Å². The molecule has 0 radical (unpaired) electrons. The van der Waals surface area contributed by atoms with E-state index < -0.39 is 40.2 Å². The molecule has 3 atom stereocenters. The Hall–Kier alpha value is -0.770. The van der Waals surface area contributed by atoms with Gasteiger partial charge in [0.2, 0.25) is 6.43 Å². The van der Waals surface area contributed by atoms with Gasteiger partial charge in [-0.3, -0.25) is 0 Å². The standard InChI is InChI=1S/C17H23BrF3N3OS/c1-16(2,3)26(25)24-12(13(19)17(4,5)15(20)21)14-22-10-7-6-9(18)8-11(10)23-14/h6-8,12-13,15,24H,1-5H3,(H,22,23)/t12-,13?,26?/m1/s1. The van der Waals surface area contributed by atoms with E-state index in [1.165, 1.54) is 0 Å². The van der Waals surface area contributed by atoms with E-state index in [-0.39, 0.29) is 5.82 Å². The van der Waals surface area contributed by atoms with E-state index in [1.807, 2.05) is 0 Å². The number of nitrogens with one attached hydrogen (secondary N) is 2. The zero-order valence-corrected chi connectivity index (χ0v) is 17.6. The Morgan fingerprint density at radius 3 is 2.35 bits per heavy atom. The smallest absolute Gasteiger partial charge is 0.246 e. The lowest BCUT2D eigenvalue weighted by atomic mass is 9.84. The minimum atomic E-state index is -2.89. The molecular weight excluding hydrogens is 431 g/mol. The molecule has 0 fully saturated rings. The first kappa shape index (κ1) is 21.5. The molecule has 0 aliphatic rings. The van der Waals surface area contributed by atoms with Gasteiger partial charge in [0, 0.05) is 15.8 Å². The molecule has 2 rings (SSSR count). The zero-order chi connectivity index (χ0) is 19.9. The Kier molecular flexibility index (Phi) is 6.37. The molecule has 9 heteroatoms. The van der Waals surface area contributed by atoms with Crippen LogP contribution in [0.1, 0.15) is 46.5 Å². The van der Waals surface area contributed by atoms with Gasteiger partial charge in [0.05, 0.1) is 16.4 Å². The number of alkyl halides is 3. The molecule has 2 unspecified atom stereocenters. The number of hydrogen-bond acceptors (Lipinski definition) is 3. The minimum absolute atomic E-state index is 0.136. The molecule has 0 bridgehead atoms. The van der Waals surface area contributed by atoms with Gasteiger partial charge in [0.25, 0.3) is 0 Å². The Labute approximate surface area is 162 Å². The number of aromatic amines is 1. The second-order valence-corrected chi connectivity index (χ2v) is 10.7. The van der Waals surface area contributed by atoms with E-state index in [9.17, 15) is 13.3 Å². The Morgan fingerprint density at radius 2 is 1.81 bits per heavy atom. The summed E-state index contributed by atoms with van der Waals surface area (Å²) < 4.78 is 57.3. The van der Waals surface area contributed by atoms with Gasteiger partial charge >= 0.3 is 0 Å². The summed E-state index contributed by atoms with van der Waals surface area (Å²) in [6.07, 6.45) is -4.90. The van der Waals surface area contributed by atoms with Crippen LogP contribution >= 0.6 is 15.9 Å². The average Bonchev–Trinajstić information content (AvgIpc) is 2.93. The topological polar surface area (TPSA) is 63.8 Å². The molecule has 0 spiro atoms. The number of rotatable bonds is 6. The van der Waals surface area contributed by atoms with Crippen molar-refractivity contribution in [2.45, 2.75) is 58.0 Å². The number of hydrogen-bond donors (Lipinski definition) is 2. The molecule has 0 saturated heterocycles. The SMILES string of the molecule is CC(C)(C(F)F)C(F)[C@@H](N[S+]([O-])C(C)(C)C)c1nc2ccc(Br)cc2[nH]1. The highest BCUT2D eigenvalue weighted by atomic mass is 79.9. The zero-order valence-electron chi connectivity index (χ0n) is 15.2. The molecule has 0 amide bonds. The van der Waals surface area contributed by atoms with Crippen molar-refractivity contribution >= 4 is 38.3 Å². The van der Waals surface area contributed by atoms with Crippen LogP contribution < -0.4 is 4.72 Å². The van der Waals surface area contributed by atoms with Crippen LogP contribution in [0.3, 0.4) is 0 Å². The van der Waals surface area contributed by atoms with Gasteiger partial charge in [0.15, 0.2) is 0 Å². The number of fused-ring (bicyclic) bond motifs is 1. The van der Waals surface area contributed by atoms with E-state index in [0.29, 0.717) is 11.0 Å². The molecule has 1 aromatic heterocycles. The van der Waals surface area contributed by atoms with Crippen molar-refractivity contribution in [3.05, 3.63) is 28.5 Å². The van der Waals surface area contributed by atoms with E-state index >= 15 is 4.39 Å². The van der Waals surface area contributed by atoms with Crippen molar-refractivity contribution in [2.75, 3.05) is 0 Å². The third kappa shape index (κ3) is 4.55. The average molecular weight is 454 g/mol. The summed E-state index contributed by atoms with van der Waals surface area (Å²) in [4.78, 5) is 7.29. The first-order valence-electron chi connectivity index (χ1n) is 8.09. The van der Waals surface area contributed by atoms with Gasteiger partial charge in [-0.2, -0.15) is 0 Å². The van der Waals surface area contributed by atoms with Gasteiger partial charge < -0.3 is 9.54 Å². The summed E-state index contributed by atoms with van der Waals surface area (Å²) >= 11 is 1.67. The summed E-state index contributed by atoms with van der Waals surface area (Å²) in [5, 5.41) is 0. The third-order valence-electron chi connectivity index (χ3n) is 4.11. The largest absolute Gasteiger partial charge is 0.598 e. The van der Waals surface area contributed by atoms with Crippen LogP contribution in [0.25, 0.3) is 11.0 Å². The first-order valence-corrected chi connectivity index (χ1v) is 10.0. The Morgan fingerprint density at radius 1 is 1.19 bits per heavy atom. The van der Waals surface area contributed by atoms with Crippen LogP contribution in [-0.4, -0.2) is 31.9 Å². The minimum Gasteiger partial charge on any atom is -0.598 e. The summed E-state index contributed by atoms with van der Waals surface area (Å²) in [5.41, 5.74) is -0.748. The maximum atomic E-state index is 15.2. The molecule has 1 aromatic carbocycles. The van der Waals surface area contributed by atoms with Crippen molar-refractivity contribution < 1.29 is 17.7 Å². The summed E-state index contributed by atoms with van der Waals surface area (Å²) in [6.45, 7) is 7.45. The van der Waals surface area contributed by atoms with Crippen LogP contribution in [0.4, 0.5) is 13.2 Å². The van der Waals surface area contributed by atoms with Crippen molar-refractivity contribution in [3.8, 4) is 0 Å². The van der Waals surface area contributed by atoms with Crippen molar-refractivity contribution in [1.82, 2.24) is 14.7 Å². The molecule has 0 saturated carbocycles. The molecule has 0 aliphatic heterocycles. The lowest BCUT2D eigenvalue weighted by Gasteiger charge is -2.34. The number of H-pyrrole nitrogens is 1. The number of nitrogens with zero attached hydrogens (tertiary/aromatic N) is 1. The first-order chi connectivity index (χ1) is 11.8. The monoisotopic (exact) mass is 453 g/mol. The number of imidazole rings is 1. The van der Waals surface area contributed by atoms with Gasteiger partial charge in [-0.05, 0) is 39.0 Å². The highest BCUT2D eigenvalue weighted by molar-refractivity contribution is 9.10. The number of halogens is 4. The summed E-state index contributed by atoms with van der Waals surface area (Å²) in [6, 6.07) is 3.99. The molecule has 146 valence electrons. The fraction of sp³-hybridized carbons (Fsp3) is 0.588. The highest BCUT2D eigenvalue weighted by Crippen LogP contribution is 2.39. The van der Waals surface area contributed by atoms with E-state index in [0.717, 1.165) is 18.3 Å². The number of aromatic nitrogens is 2. The maximum absolute atomic E-state index is 15.2. The lowest BCUT2D eigenvalue weighted by Crippen LogP contribution is -2.48. The fourth-order valence-electron chi connectivity index (χ4n) is 2.25. The number of benzene rings is 1. The van der Waals surface area contributed by atoms with E-state index in [4.69, 9.17) is 0 Å². The fourth-order valence-corrected chi connectivity index (χ4v) is 3.42. The predicted octanol–water partition coefficient (Wildman–Crippen LogP) is 5.05. The van der Waals surface area contributed by atoms with E-state index in [1.54, 1.807) is 39.0 Å². The second kappa shape index (κ2) is 7.69. The van der Waals surface area contributed by atoms with Crippen LogP contribution in [0.5, 0.6) is 0 Å². The van der Waals surface area contributed by atoms with Crippen molar-refractivity contribution in [3.63, 3.8) is 0 Å². The van der Waals surface area contributed by atoms with Crippen LogP contribution in [0.15, 0.2) is 22.7 Å². The molecule has 1 heterocycles.